The summed E-state index contributed by atoms with van der Waals surface area (Å²) in [5, 5.41) is 0.738. The van der Waals surface area contributed by atoms with Crippen LogP contribution in [0.2, 0.25) is 5.02 Å². The fraction of sp³-hybridized carbons (Fsp3) is 0.647. The van der Waals surface area contributed by atoms with Crippen molar-refractivity contribution in [3.8, 4) is 0 Å². The summed E-state index contributed by atoms with van der Waals surface area (Å²) in [6.45, 7) is 0.854. The molecule has 2 fully saturated rings. The number of ether oxygens (including phenoxy) is 1. The van der Waals surface area contributed by atoms with Gasteiger partial charge in [0.2, 0.25) is 0 Å². The molecule has 1 aliphatic carbocycles. The molecule has 2 unspecified atom stereocenters. The summed E-state index contributed by atoms with van der Waals surface area (Å²) in [7, 11) is 0. The zero-order valence-electron chi connectivity index (χ0n) is 12.3. The van der Waals surface area contributed by atoms with Crippen molar-refractivity contribution in [3.63, 3.8) is 0 Å². The molecule has 1 aliphatic heterocycles. The Morgan fingerprint density at radius 2 is 2.05 bits per heavy atom. The Labute approximate surface area is 140 Å². The van der Waals surface area contributed by atoms with Gasteiger partial charge in [-0.2, -0.15) is 0 Å². The van der Waals surface area contributed by atoms with E-state index in [4.69, 9.17) is 22.1 Å². The van der Waals surface area contributed by atoms with Gasteiger partial charge in [0, 0.05) is 17.1 Å². The highest BCUT2D eigenvalue weighted by atomic mass is 79.9. The second-order valence-electron chi connectivity index (χ2n) is 6.54. The minimum atomic E-state index is 0.0706. The predicted molar refractivity (Wildman–Crippen MR) is 90.6 cm³/mol. The highest BCUT2D eigenvalue weighted by Gasteiger charge is 2.40. The third-order valence-corrected chi connectivity index (χ3v) is 6.35. The number of halogens is 2. The van der Waals surface area contributed by atoms with Crippen molar-refractivity contribution >= 4 is 27.5 Å². The molecule has 2 aliphatic rings. The Hall–Kier alpha value is -0.0900. The van der Waals surface area contributed by atoms with Gasteiger partial charge in [0.1, 0.15) is 0 Å². The first-order valence-electron chi connectivity index (χ1n) is 7.94. The largest absolute Gasteiger partial charge is 0.375 e. The lowest BCUT2D eigenvalue weighted by molar-refractivity contribution is -0.120. The Bertz CT molecular complexity index is 496. The molecule has 1 saturated carbocycles. The number of hydrogen-bond acceptors (Lipinski definition) is 2. The number of benzene rings is 1. The molecule has 3 rings (SSSR count). The predicted octanol–water partition coefficient (Wildman–Crippen LogP) is 5.23. The van der Waals surface area contributed by atoms with Crippen LogP contribution in [0, 0.1) is 5.92 Å². The van der Waals surface area contributed by atoms with Gasteiger partial charge in [0.05, 0.1) is 10.6 Å². The third-order valence-electron chi connectivity index (χ3n) is 5.13. The average Bonchev–Trinajstić information content (AvgIpc) is 2.50. The Kier molecular flexibility index (Phi) is 4.94. The van der Waals surface area contributed by atoms with Gasteiger partial charge in [-0.15, -0.1) is 0 Å². The maximum Gasteiger partial charge on any atom is 0.0685 e. The lowest BCUT2D eigenvalue weighted by Gasteiger charge is -2.45. The van der Waals surface area contributed by atoms with Gasteiger partial charge in [-0.05, 0) is 65.2 Å². The number of nitrogens with two attached hydrogens (primary N) is 1. The lowest BCUT2D eigenvalue weighted by Crippen LogP contribution is -2.44. The first-order chi connectivity index (χ1) is 10.1. The quantitative estimate of drug-likeness (QED) is 0.771. The summed E-state index contributed by atoms with van der Waals surface area (Å²) in [5.41, 5.74) is 7.84. The first-order valence-corrected chi connectivity index (χ1v) is 9.11. The van der Waals surface area contributed by atoms with Gasteiger partial charge in [-0.25, -0.2) is 0 Å². The van der Waals surface area contributed by atoms with Crippen molar-refractivity contribution in [2.45, 2.75) is 56.6 Å². The van der Waals surface area contributed by atoms with Gasteiger partial charge in [-0.1, -0.05) is 36.9 Å². The van der Waals surface area contributed by atoms with E-state index in [0.717, 1.165) is 28.9 Å². The van der Waals surface area contributed by atoms with Gasteiger partial charge in [0.25, 0.3) is 0 Å². The monoisotopic (exact) mass is 371 g/mol. The molecule has 0 radical (unpaired) electrons. The second kappa shape index (κ2) is 6.57. The van der Waals surface area contributed by atoms with E-state index in [-0.39, 0.29) is 11.6 Å². The summed E-state index contributed by atoms with van der Waals surface area (Å²) < 4.78 is 7.11. The van der Waals surface area contributed by atoms with Crippen LogP contribution < -0.4 is 5.73 Å². The van der Waals surface area contributed by atoms with Crippen LogP contribution in [0.3, 0.4) is 0 Å². The van der Waals surface area contributed by atoms with Crippen LogP contribution in [-0.4, -0.2) is 12.2 Å². The van der Waals surface area contributed by atoms with E-state index >= 15 is 0 Å². The fourth-order valence-corrected chi connectivity index (χ4v) is 4.42. The van der Waals surface area contributed by atoms with E-state index in [1.54, 1.807) is 0 Å². The standard InChI is InChI=1S/C17H23BrClNO/c18-14-10-12(4-5-15(14)19)16(20)13-6-9-21-17(11-13)7-2-1-3-8-17/h4-5,10,13,16H,1-3,6-9,11,20H2. The van der Waals surface area contributed by atoms with Crippen molar-refractivity contribution in [1.29, 1.82) is 0 Å². The zero-order valence-corrected chi connectivity index (χ0v) is 14.6. The fourth-order valence-electron chi connectivity index (χ4n) is 3.91. The summed E-state index contributed by atoms with van der Waals surface area (Å²) in [4.78, 5) is 0. The maximum absolute atomic E-state index is 6.56. The molecule has 4 heteroatoms. The summed E-state index contributed by atoms with van der Waals surface area (Å²) >= 11 is 9.58. The summed E-state index contributed by atoms with van der Waals surface area (Å²) in [5.74, 6) is 0.505. The Morgan fingerprint density at radius 3 is 2.76 bits per heavy atom. The van der Waals surface area contributed by atoms with Crippen LogP contribution >= 0.6 is 27.5 Å². The van der Waals surface area contributed by atoms with E-state index in [1.165, 1.54) is 37.7 Å². The molecule has 1 heterocycles. The molecule has 0 aromatic heterocycles. The molecule has 2 atom stereocenters. The topological polar surface area (TPSA) is 35.2 Å². The van der Waals surface area contributed by atoms with E-state index in [0.29, 0.717) is 5.92 Å². The van der Waals surface area contributed by atoms with Crippen LogP contribution in [0.5, 0.6) is 0 Å². The minimum Gasteiger partial charge on any atom is -0.375 e. The van der Waals surface area contributed by atoms with Crippen LogP contribution in [0.1, 0.15) is 56.6 Å². The molecular weight excluding hydrogens is 350 g/mol. The molecule has 1 aromatic rings. The molecule has 1 spiro atoms. The summed E-state index contributed by atoms with van der Waals surface area (Å²) in [6, 6.07) is 6.12. The van der Waals surface area contributed by atoms with Crippen molar-refractivity contribution in [3.05, 3.63) is 33.3 Å². The highest BCUT2D eigenvalue weighted by Crippen LogP contribution is 2.44. The Balaban J connectivity index is 1.74. The maximum atomic E-state index is 6.56. The van der Waals surface area contributed by atoms with E-state index in [9.17, 15) is 0 Å². The molecular formula is C17H23BrClNO. The van der Waals surface area contributed by atoms with Gasteiger partial charge < -0.3 is 10.5 Å². The van der Waals surface area contributed by atoms with Gasteiger partial charge in [-0.3, -0.25) is 0 Å². The Morgan fingerprint density at radius 1 is 1.29 bits per heavy atom. The van der Waals surface area contributed by atoms with Crippen molar-refractivity contribution in [2.24, 2.45) is 11.7 Å². The molecule has 2 N–H and O–H groups in total. The smallest absolute Gasteiger partial charge is 0.0685 e. The molecule has 2 nitrogen and oxygen atoms in total. The van der Waals surface area contributed by atoms with Crippen molar-refractivity contribution in [2.75, 3.05) is 6.61 Å². The van der Waals surface area contributed by atoms with Crippen LogP contribution in [0.4, 0.5) is 0 Å². The minimum absolute atomic E-state index is 0.0706. The lowest BCUT2D eigenvalue weighted by atomic mass is 9.73. The first kappa shape index (κ1) is 15.8. The average molecular weight is 373 g/mol. The highest BCUT2D eigenvalue weighted by molar-refractivity contribution is 9.10. The molecule has 1 saturated heterocycles. The SMILES string of the molecule is NC(c1ccc(Cl)c(Br)c1)C1CCOC2(CCCCC2)C1. The third kappa shape index (κ3) is 3.47. The van der Waals surface area contributed by atoms with E-state index < -0.39 is 0 Å². The summed E-state index contributed by atoms with van der Waals surface area (Å²) in [6.07, 6.45) is 8.54. The van der Waals surface area contributed by atoms with Gasteiger partial charge >= 0.3 is 0 Å². The number of rotatable bonds is 2. The van der Waals surface area contributed by atoms with Crippen molar-refractivity contribution < 1.29 is 4.74 Å². The molecule has 1 aromatic carbocycles. The second-order valence-corrected chi connectivity index (χ2v) is 7.81. The zero-order chi connectivity index (χ0) is 14.9. The molecule has 21 heavy (non-hydrogen) atoms. The van der Waals surface area contributed by atoms with Crippen LogP contribution in [-0.2, 0) is 4.74 Å². The van der Waals surface area contributed by atoms with Crippen molar-refractivity contribution in [1.82, 2.24) is 0 Å². The molecule has 116 valence electrons. The van der Waals surface area contributed by atoms with Crippen LogP contribution in [0.25, 0.3) is 0 Å². The van der Waals surface area contributed by atoms with E-state index in [1.807, 2.05) is 6.07 Å². The number of hydrogen-bond donors (Lipinski definition) is 1. The van der Waals surface area contributed by atoms with Gasteiger partial charge in [0.15, 0.2) is 0 Å². The van der Waals surface area contributed by atoms with E-state index in [2.05, 4.69) is 28.1 Å². The molecule has 0 bridgehead atoms. The van der Waals surface area contributed by atoms with Crippen LogP contribution in [0.15, 0.2) is 22.7 Å². The normalized spacial score (nSPS) is 26.7. The molecule has 0 amide bonds.